The van der Waals surface area contributed by atoms with Crippen LogP contribution in [0, 0.1) is 15.9 Å². The SMILES string of the molecule is COc1cc(C=Nn2c(C(C)(C)C)nc3ccc(Br)cc3c2=O)cc([N+](=O)[O-])c1OCc1ccccc1F. The highest BCUT2D eigenvalue weighted by Gasteiger charge is 2.24. The van der Waals surface area contributed by atoms with E-state index in [1.165, 1.54) is 48.3 Å². The number of methoxy groups -OCH3 is 1. The lowest BCUT2D eigenvalue weighted by atomic mass is 9.95. The molecule has 0 spiro atoms. The minimum atomic E-state index is -0.627. The van der Waals surface area contributed by atoms with Crippen LogP contribution in [0.5, 0.6) is 11.5 Å². The molecule has 3 aromatic carbocycles. The van der Waals surface area contributed by atoms with E-state index in [-0.39, 0.29) is 34.8 Å². The van der Waals surface area contributed by atoms with Crippen molar-refractivity contribution >= 4 is 38.7 Å². The molecule has 1 aromatic heterocycles. The van der Waals surface area contributed by atoms with Gasteiger partial charge in [-0.05, 0) is 30.3 Å². The molecule has 0 bridgehead atoms. The normalized spacial score (nSPS) is 11.7. The van der Waals surface area contributed by atoms with E-state index in [1.54, 1.807) is 24.3 Å². The number of nitro benzene ring substituents is 1. The first-order valence-corrected chi connectivity index (χ1v) is 12.3. The minimum absolute atomic E-state index is 0.0564. The number of nitro groups is 1. The van der Waals surface area contributed by atoms with Crippen molar-refractivity contribution in [3.63, 3.8) is 0 Å². The average Bonchev–Trinajstić information content (AvgIpc) is 2.87. The van der Waals surface area contributed by atoms with Gasteiger partial charge in [-0.2, -0.15) is 9.78 Å². The summed E-state index contributed by atoms with van der Waals surface area (Å²) in [6, 6.07) is 13.9. The molecule has 0 N–H and O–H groups in total. The van der Waals surface area contributed by atoms with Gasteiger partial charge in [0.15, 0.2) is 5.75 Å². The fourth-order valence-corrected chi connectivity index (χ4v) is 4.11. The molecule has 9 nitrogen and oxygen atoms in total. The molecule has 0 fully saturated rings. The van der Waals surface area contributed by atoms with Crippen LogP contribution < -0.4 is 15.0 Å². The third-order valence-corrected chi connectivity index (χ3v) is 6.10. The second-order valence-electron chi connectivity index (χ2n) is 9.42. The van der Waals surface area contributed by atoms with Crippen molar-refractivity contribution in [1.29, 1.82) is 0 Å². The topological polar surface area (TPSA) is 109 Å². The highest BCUT2D eigenvalue weighted by atomic mass is 79.9. The molecule has 0 saturated carbocycles. The number of halogens is 2. The maximum atomic E-state index is 14.0. The van der Waals surface area contributed by atoms with E-state index >= 15 is 0 Å². The molecule has 0 aliphatic carbocycles. The fraction of sp³-hybridized carbons (Fsp3) is 0.222. The van der Waals surface area contributed by atoms with Gasteiger partial charge < -0.3 is 9.47 Å². The molecule has 4 aromatic rings. The second kappa shape index (κ2) is 10.7. The number of rotatable bonds is 7. The quantitative estimate of drug-likeness (QED) is 0.151. The van der Waals surface area contributed by atoms with Crippen molar-refractivity contribution in [2.45, 2.75) is 32.8 Å². The van der Waals surface area contributed by atoms with Crippen LogP contribution in [0.1, 0.15) is 37.7 Å². The Hall–Kier alpha value is -4.12. The molecular weight excluding hydrogens is 559 g/mol. The van der Waals surface area contributed by atoms with Crippen molar-refractivity contribution < 1.29 is 18.8 Å². The maximum Gasteiger partial charge on any atom is 0.315 e. The zero-order chi connectivity index (χ0) is 27.6. The number of nitrogens with zero attached hydrogens (tertiary/aromatic N) is 4. The predicted octanol–water partition coefficient (Wildman–Crippen LogP) is 5.97. The zero-order valence-electron chi connectivity index (χ0n) is 21.1. The van der Waals surface area contributed by atoms with Crippen LogP contribution in [0.25, 0.3) is 10.9 Å². The highest BCUT2D eigenvalue weighted by Crippen LogP contribution is 2.38. The Bertz CT molecular complexity index is 1630. The lowest BCUT2D eigenvalue weighted by Crippen LogP contribution is -2.29. The van der Waals surface area contributed by atoms with Gasteiger partial charge in [0.25, 0.3) is 5.56 Å². The van der Waals surface area contributed by atoms with Gasteiger partial charge in [0.05, 0.1) is 29.2 Å². The van der Waals surface area contributed by atoms with E-state index in [9.17, 15) is 19.3 Å². The molecule has 0 unspecified atom stereocenters. The van der Waals surface area contributed by atoms with Gasteiger partial charge in [-0.1, -0.05) is 54.9 Å². The minimum Gasteiger partial charge on any atom is -0.493 e. The summed E-state index contributed by atoms with van der Waals surface area (Å²) in [7, 11) is 1.34. The van der Waals surface area contributed by atoms with Crippen molar-refractivity contribution in [2.24, 2.45) is 5.10 Å². The van der Waals surface area contributed by atoms with Gasteiger partial charge in [-0.3, -0.25) is 14.9 Å². The second-order valence-corrected chi connectivity index (χ2v) is 10.3. The number of benzene rings is 3. The summed E-state index contributed by atoms with van der Waals surface area (Å²) in [5, 5.41) is 16.6. The Morgan fingerprint density at radius 3 is 2.58 bits per heavy atom. The predicted molar refractivity (Wildman–Crippen MR) is 146 cm³/mol. The van der Waals surface area contributed by atoms with E-state index < -0.39 is 21.8 Å². The lowest BCUT2D eigenvalue weighted by Gasteiger charge is -2.20. The lowest BCUT2D eigenvalue weighted by molar-refractivity contribution is -0.386. The van der Waals surface area contributed by atoms with Gasteiger partial charge >= 0.3 is 5.69 Å². The van der Waals surface area contributed by atoms with E-state index in [0.29, 0.717) is 21.2 Å². The van der Waals surface area contributed by atoms with Crippen LogP contribution in [0.4, 0.5) is 10.1 Å². The summed E-state index contributed by atoms with van der Waals surface area (Å²) in [6.45, 7) is 5.48. The summed E-state index contributed by atoms with van der Waals surface area (Å²) in [5.74, 6) is -0.169. The van der Waals surface area contributed by atoms with Crippen molar-refractivity contribution in [1.82, 2.24) is 9.66 Å². The van der Waals surface area contributed by atoms with Crippen LogP contribution >= 0.6 is 15.9 Å². The Balaban J connectivity index is 1.79. The molecule has 11 heteroatoms. The third kappa shape index (κ3) is 5.57. The van der Waals surface area contributed by atoms with Crippen LogP contribution in [0.3, 0.4) is 0 Å². The maximum absolute atomic E-state index is 14.0. The number of ether oxygens (including phenoxy) is 2. The summed E-state index contributed by atoms with van der Waals surface area (Å²) in [5.41, 5.74) is -0.267. The average molecular weight is 583 g/mol. The highest BCUT2D eigenvalue weighted by molar-refractivity contribution is 9.10. The molecular formula is C27H24BrFN4O5. The summed E-state index contributed by atoms with van der Waals surface area (Å²) >= 11 is 3.38. The molecule has 0 aliphatic rings. The Morgan fingerprint density at radius 2 is 1.92 bits per heavy atom. The molecule has 0 radical (unpaired) electrons. The fourth-order valence-electron chi connectivity index (χ4n) is 3.75. The largest absolute Gasteiger partial charge is 0.493 e. The van der Waals surface area contributed by atoms with Gasteiger partial charge in [-0.15, -0.1) is 0 Å². The molecule has 0 aliphatic heterocycles. The molecule has 1 heterocycles. The van der Waals surface area contributed by atoms with Gasteiger partial charge in [0, 0.05) is 27.1 Å². The van der Waals surface area contributed by atoms with E-state index in [2.05, 4.69) is 26.0 Å². The third-order valence-electron chi connectivity index (χ3n) is 5.61. The van der Waals surface area contributed by atoms with Crippen molar-refractivity contribution in [3.8, 4) is 11.5 Å². The molecule has 0 amide bonds. The number of aromatic nitrogens is 2. The molecule has 4 rings (SSSR count). The van der Waals surface area contributed by atoms with Crippen LogP contribution in [0.2, 0.25) is 0 Å². The molecule has 196 valence electrons. The van der Waals surface area contributed by atoms with Gasteiger partial charge in [-0.25, -0.2) is 9.37 Å². The Labute approximate surface area is 225 Å². The molecule has 0 saturated heterocycles. The zero-order valence-corrected chi connectivity index (χ0v) is 22.7. The van der Waals surface area contributed by atoms with E-state index in [1.807, 2.05) is 20.8 Å². The first-order valence-electron chi connectivity index (χ1n) is 11.5. The van der Waals surface area contributed by atoms with Crippen molar-refractivity contribution in [3.05, 3.63) is 102 Å². The Kier molecular flexibility index (Phi) is 7.58. The smallest absolute Gasteiger partial charge is 0.315 e. The van der Waals surface area contributed by atoms with Crippen LogP contribution in [-0.4, -0.2) is 27.9 Å². The van der Waals surface area contributed by atoms with Gasteiger partial charge in [0.2, 0.25) is 5.75 Å². The number of hydrogen-bond donors (Lipinski definition) is 0. The number of hydrogen-bond acceptors (Lipinski definition) is 7. The Morgan fingerprint density at radius 1 is 1.18 bits per heavy atom. The van der Waals surface area contributed by atoms with Gasteiger partial charge in [0.1, 0.15) is 18.2 Å². The van der Waals surface area contributed by atoms with Crippen molar-refractivity contribution in [2.75, 3.05) is 7.11 Å². The summed E-state index contributed by atoms with van der Waals surface area (Å²) in [4.78, 5) is 29.3. The first kappa shape index (κ1) is 26.9. The molecule has 0 atom stereocenters. The standard InChI is InChI=1S/C27H24BrFN4O5/c1-27(2,3)26-31-21-10-9-18(28)13-19(21)25(34)32(26)30-14-16-11-22(33(35)36)24(23(12-16)37-4)38-15-17-7-5-6-8-20(17)29/h5-14H,15H2,1-4H3. The van der Waals surface area contributed by atoms with E-state index in [0.717, 1.165) is 0 Å². The first-order chi connectivity index (χ1) is 18.0. The summed E-state index contributed by atoms with van der Waals surface area (Å²) < 4.78 is 26.9. The summed E-state index contributed by atoms with van der Waals surface area (Å²) in [6.07, 6.45) is 1.32. The van der Waals surface area contributed by atoms with Crippen LogP contribution in [-0.2, 0) is 12.0 Å². The van der Waals surface area contributed by atoms with Crippen LogP contribution in [0.15, 0.2) is 69.0 Å². The van der Waals surface area contributed by atoms with E-state index in [4.69, 9.17) is 9.47 Å². The number of fused-ring (bicyclic) bond motifs is 1. The molecule has 38 heavy (non-hydrogen) atoms. The monoisotopic (exact) mass is 582 g/mol.